The second-order valence-electron chi connectivity index (χ2n) is 4.88. The molecule has 0 aliphatic heterocycles. The molecule has 0 atom stereocenters. The van der Waals surface area contributed by atoms with Crippen molar-refractivity contribution < 1.29 is 9.15 Å². The summed E-state index contributed by atoms with van der Waals surface area (Å²) in [5, 5.41) is 0. The lowest BCUT2D eigenvalue weighted by Crippen LogP contribution is -2.03. The lowest BCUT2D eigenvalue weighted by molar-refractivity contribution is 0.0576. The van der Waals surface area contributed by atoms with E-state index in [9.17, 15) is 0 Å². The molecule has 2 nitrogen and oxygen atoms in total. The van der Waals surface area contributed by atoms with Crippen LogP contribution in [-0.2, 0) is 0 Å². The number of benzene rings is 1. The van der Waals surface area contributed by atoms with E-state index in [1.807, 2.05) is 6.07 Å². The van der Waals surface area contributed by atoms with Crippen LogP contribution in [-0.4, -0.2) is 0 Å². The van der Waals surface area contributed by atoms with Crippen LogP contribution in [0.5, 0.6) is 0 Å². The Morgan fingerprint density at radius 3 is 2.31 bits per heavy atom. The predicted molar refractivity (Wildman–Crippen MR) is 63.5 cm³/mol. The molecule has 1 fully saturated rings. The van der Waals surface area contributed by atoms with E-state index in [4.69, 9.17) is 9.15 Å². The van der Waals surface area contributed by atoms with E-state index >= 15 is 0 Å². The fraction of sp³-hybridized carbons (Fsp3) is 0.571. The van der Waals surface area contributed by atoms with Gasteiger partial charge in [0, 0.05) is 5.56 Å². The van der Waals surface area contributed by atoms with Crippen LogP contribution < -0.4 is 0 Å². The van der Waals surface area contributed by atoms with E-state index in [1.165, 1.54) is 50.5 Å². The third-order valence-corrected chi connectivity index (χ3v) is 3.77. The molecule has 0 unspecified atom stereocenters. The molecule has 1 aromatic heterocycles. The minimum Gasteiger partial charge on any atom is -0.286 e. The average Bonchev–Trinajstić information content (AvgIpc) is 2.19. The molecule has 1 saturated carbocycles. The summed E-state index contributed by atoms with van der Waals surface area (Å²) in [5.41, 5.74) is 3.28. The number of fused-ring (bicyclic) bond motifs is 1. The summed E-state index contributed by atoms with van der Waals surface area (Å²) in [6.07, 6.45) is 9.52. The highest BCUT2D eigenvalue weighted by Crippen LogP contribution is 2.36. The second-order valence-corrected chi connectivity index (χ2v) is 4.88. The zero-order valence-corrected chi connectivity index (χ0v) is 9.58. The van der Waals surface area contributed by atoms with Gasteiger partial charge in [-0.25, -0.2) is 0 Å². The quantitative estimate of drug-likeness (QED) is 0.639. The topological polar surface area (TPSA) is 26.3 Å². The molecular weight excluding hydrogens is 200 g/mol. The van der Waals surface area contributed by atoms with Crippen LogP contribution in [0.1, 0.15) is 56.4 Å². The molecule has 0 amide bonds. The van der Waals surface area contributed by atoms with Gasteiger partial charge >= 0.3 is 0 Å². The van der Waals surface area contributed by atoms with Gasteiger partial charge in [-0.1, -0.05) is 44.2 Å². The van der Waals surface area contributed by atoms with E-state index in [-0.39, 0.29) is 0 Å². The molecule has 1 heterocycles. The van der Waals surface area contributed by atoms with E-state index in [2.05, 4.69) is 12.1 Å². The van der Waals surface area contributed by atoms with Crippen molar-refractivity contribution in [3.8, 4) is 0 Å². The van der Waals surface area contributed by atoms with Crippen molar-refractivity contribution in [2.45, 2.75) is 50.9 Å². The van der Waals surface area contributed by atoms with E-state index < -0.39 is 0 Å². The molecular formula is C14H18O2. The predicted octanol–water partition coefficient (Wildman–Crippen LogP) is 4.85. The lowest BCUT2D eigenvalue weighted by Gasteiger charge is -2.20. The van der Waals surface area contributed by atoms with Gasteiger partial charge in [0.15, 0.2) is 0 Å². The van der Waals surface area contributed by atoms with Gasteiger partial charge in [-0.15, -0.1) is 0 Å². The number of hydrogen-bond donors (Lipinski definition) is 0. The van der Waals surface area contributed by atoms with Crippen LogP contribution in [0.3, 0.4) is 0 Å². The summed E-state index contributed by atoms with van der Waals surface area (Å²) < 4.78 is 10.1. The van der Waals surface area contributed by atoms with Gasteiger partial charge in [0.2, 0.25) is 11.2 Å². The van der Waals surface area contributed by atoms with Crippen LogP contribution in [0.15, 0.2) is 27.4 Å². The summed E-state index contributed by atoms with van der Waals surface area (Å²) in [6, 6.07) is 6.26. The molecule has 0 spiro atoms. The number of para-hydroxylation sites is 1. The Morgan fingerprint density at radius 2 is 1.62 bits per heavy atom. The third kappa shape index (κ3) is 1.77. The number of rotatable bonds is 1. The number of hydrogen-bond acceptors (Lipinski definition) is 2. The van der Waals surface area contributed by atoms with Crippen LogP contribution in [0.25, 0.3) is 11.2 Å². The first-order chi connectivity index (χ1) is 7.95. The molecule has 0 radical (unpaired) electrons. The zero-order chi connectivity index (χ0) is 10.8. The average molecular weight is 218 g/mol. The maximum absolute atomic E-state index is 5.13. The fourth-order valence-corrected chi connectivity index (χ4v) is 2.83. The minimum atomic E-state index is 0.680. The molecule has 0 bridgehead atoms. The zero-order valence-electron chi connectivity index (χ0n) is 9.58. The van der Waals surface area contributed by atoms with Gasteiger partial charge in [0.05, 0.1) is 0 Å². The van der Waals surface area contributed by atoms with Gasteiger partial charge < -0.3 is 0 Å². The fourth-order valence-electron chi connectivity index (χ4n) is 2.83. The van der Waals surface area contributed by atoms with Crippen LogP contribution in [0, 0.1) is 0 Å². The molecule has 2 aromatic rings. The SMILES string of the molecule is c1cc(C2CCCCCCC2)c2ooc2c1. The maximum Gasteiger partial charge on any atom is 0.229 e. The van der Waals surface area contributed by atoms with Crippen molar-refractivity contribution in [2.24, 2.45) is 0 Å². The van der Waals surface area contributed by atoms with E-state index in [0.29, 0.717) is 5.92 Å². The van der Waals surface area contributed by atoms with Crippen molar-refractivity contribution >= 4 is 11.2 Å². The maximum atomic E-state index is 5.13. The Kier molecular flexibility index (Phi) is 2.73. The minimum absolute atomic E-state index is 0.680. The molecule has 2 heteroatoms. The molecule has 0 N–H and O–H groups in total. The molecule has 1 aromatic carbocycles. The summed E-state index contributed by atoms with van der Waals surface area (Å²) in [4.78, 5) is 0. The monoisotopic (exact) mass is 218 g/mol. The smallest absolute Gasteiger partial charge is 0.229 e. The van der Waals surface area contributed by atoms with Gasteiger partial charge in [-0.3, -0.25) is 9.15 Å². The van der Waals surface area contributed by atoms with Crippen molar-refractivity contribution in [1.29, 1.82) is 0 Å². The highest BCUT2D eigenvalue weighted by molar-refractivity contribution is 5.75. The highest BCUT2D eigenvalue weighted by atomic mass is 17.0. The molecule has 86 valence electrons. The van der Waals surface area contributed by atoms with Crippen LogP contribution in [0.4, 0.5) is 0 Å². The first kappa shape index (κ1) is 10.0. The summed E-state index contributed by atoms with van der Waals surface area (Å²) in [5.74, 6) is 0.680. The van der Waals surface area contributed by atoms with Crippen LogP contribution in [0.2, 0.25) is 0 Å². The van der Waals surface area contributed by atoms with Crippen molar-refractivity contribution in [2.75, 3.05) is 0 Å². The molecule has 1 aliphatic rings. The summed E-state index contributed by atoms with van der Waals surface area (Å²) in [6.45, 7) is 0. The Labute approximate surface area is 95.5 Å². The molecule has 0 saturated heterocycles. The Balaban J connectivity index is 1.86. The van der Waals surface area contributed by atoms with Gasteiger partial charge in [0.1, 0.15) is 0 Å². The lowest BCUT2D eigenvalue weighted by atomic mass is 9.85. The van der Waals surface area contributed by atoms with Gasteiger partial charge in [-0.05, 0) is 24.8 Å². The Morgan fingerprint density at radius 1 is 0.875 bits per heavy atom. The second kappa shape index (κ2) is 4.36. The summed E-state index contributed by atoms with van der Waals surface area (Å²) in [7, 11) is 0. The van der Waals surface area contributed by atoms with Crippen molar-refractivity contribution in [3.63, 3.8) is 0 Å². The first-order valence-electron chi connectivity index (χ1n) is 6.42. The highest BCUT2D eigenvalue weighted by Gasteiger charge is 2.19. The third-order valence-electron chi connectivity index (χ3n) is 3.77. The standard InChI is InChI=1S/C14H18O2/c1-2-4-7-11(8-5-3-1)12-9-6-10-13-14(12)16-15-13/h6,9-11H,1-5,7-8H2. The first-order valence-corrected chi connectivity index (χ1v) is 6.42. The van der Waals surface area contributed by atoms with E-state index in [1.54, 1.807) is 0 Å². The largest absolute Gasteiger partial charge is 0.286 e. The summed E-state index contributed by atoms with van der Waals surface area (Å²) >= 11 is 0. The Hall–Kier alpha value is -1.18. The van der Waals surface area contributed by atoms with Gasteiger partial charge in [0.25, 0.3) is 0 Å². The van der Waals surface area contributed by atoms with Gasteiger partial charge in [-0.2, -0.15) is 0 Å². The Bertz CT molecular complexity index is 444. The van der Waals surface area contributed by atoms with Crippen molar-refractivity contribution in [1.82, 2.24) is 0 Å². The van der Waals surface area contributed by atoms with Crippen LogP contribution >= 0.6 is 0 Å². The molecule has 3 rings (SSSR count). The van der Waals surface area contributed by atoms with E-state index in [0.717, 1.165) is 11.2 Å². The molecule has 1 aliphatic carbocycles. The molecule has 16 heavy (non-hydrogen) atoms. The normalized spacial score (nSPS) is 19.8. The van der Waals surface area contributed by atoms with Crippen molar-refractivity contribution in [3.05, 3.63) is 23.8 Å².